The molecule has 2 aromatic rings. The van der Waals surface area contributed by atoms with Gasteiger partial charge in [-0.1, -0.05) is 36.7 Å². The summed E-state index contributed by atoms with van der Waals surface area (Å²) in [7, 11) is 0. The second kappa shape index (κ2) is 7.57. The lowest BCUT2D eigenvalue weighted by Gasteiger charge is -2.34. The number of benzene rings is 1. The summed E-state index contributed by atoms with van der Waals surface area (Å²) < 4.78 is 0. The van der Waals surface area contributed by atoms with Crippen molar-refractivity contribution in [3.05, 3.63) is 41.0 Å². The summed E-state index contributed by atoms with van der Waals surface area (Å²) >= 11 is 6.16. The number of anilines is 2. The summed E-state index contributed by atoms with van der Waals surface area (Å²) in [4.78, 5) is 9.26. The van der Waals surface area contributed by atoms with Crippen molar-refractivity contribution in [2.45, 2.75) is 13.5 Å². The molecule has 0 unspecified atom stereocenters. The Kier molecular flexibility index (Phi) is 5.25. The fraction of sp³-hybridized carbons (Fsp3) is 0.438. The smallest absolute Gasteiger partial charge is 0.244 e. The molecule has 0 bridgehead atoms. The van der Waals surface area contributed by atoms with Gasteiger partial charge in [-0.25, -0.2) is 0 Å². The van der Waals surface area contributed by atoms with Gasteiger partial charge in [0.05, 0.1) is 6.20 Å². The third-order valence-electron chi connectivity index (χ3n) is 4.08. The van der Waals surface area contributed by atoms with Crippen molar-refractivity contribution in [1.82, 2.24) is 20.1 Å². The van der Waals surface area contributed by atoms with Crippen LogP contribution < -0.4 is 10.2 Å². The molecule has 1 N–H and O–H groups in total. The number of nitrogens with one attached hydrogen (secondary N) is 1. The van der Waals surface area contributed by atoms with E-state index >= 15 is 0 Å². The van der Waals surface area contributed by atoms with Crippen LogP contribution in [0.15, 0.2) is 30.5 Å². The van der Waals surface area contributed by atoms with Gasteiger partial charge in [0.2, 0.25) is 5.95 Å². The molecule has 7 heteroatoms. The summed E-state index contributed by atoms with van der Waals surface area (Å²) in [5.74, 6) is 1.40. The van der Waals surface area contributed by atoms with E-state index in [1.54, 1.807) is 6.20 Å². The summed E-state index contributed by atoms with van der Waals surface area (Å²) in [6, 6.07) is 7.74. The van der Waals surface area contributed by atoms with Gasteiger partial charge in [-0.05, 0) is 18.2 Å². The van der Waals surface area contributed by atoms with E-state index in [9.17, 15) is 0 Å². The first-order valence-corrected chi connectivity index (χ1v) is 8.28. The lowest BCUT2D eigenvalue weighted by molar-refractivity contribution is 0.270. The first kappa shape index (κ1) is 16.0. The second-order valence-electron chi connectivity index (χ2n) is 5.50. The highest BCUT2D eigenvalue weighted by Crippen LogP contribution is 2.17. The molecular formula is C16H21ClN6. The first-order valence-electron chi connectivity index (χ1n) is 7.90. The third kappa shape index (κ3) is 4.09. The summed E-state index contributed by atoms with van der Waals surface area (Å²) in [5, 5.41) is 12.1. The number of likely N-dealkylation sites (N-methyl/N-ethyl adjacent to an activating group) is 1. The van der Waals surface area contributed by atoms with E-state index in [-0.39, 0.29) is 0 Å². The first-order chi connectivity index (χ1) is 11.3. The minimum atomic E-state index is 0.528. The predicted octanol–water partition coefficient (Wildman–Crippen LogP) is 2.28. The highest BCUT2D eigenvalue weighted by molar-refractivity contribution is 6.31. The average Bonchev–Trinajstić information content (AvgIpc) is 2.61. The Bertz CT molecular complexity index is 642. The minimum absolute atomic E-state index is 0.528. The van der Waals surface area contributed by atoms with Gasteiger partial charge in [-0.15, -0.1) is 5.10 Å². The SMILES string of the molecule is CCN1CCN(c2cnnc(NCc3ccccc3Cl)n2)CC1. The fourth-order valence-corrected chi connectivity index (χ4v) is 2.83. The number of halogens is 1. The molecule has 0 aliphatic carbocycles. The van der Waals surface area contributed by atoms with Crippen LogP contribution in [-0.4, -0.2) is 52.8 Å². The Morgan fingerprint density at radius 1 is 1.17 bits per heavy atom. The van der Waals surface area contributed by atoms with Crippen LogP contribution in [0.5, 0.6) is 0 Å². The standard InChI is InChI=1S/C16H21ClN6/c1-2-22-7-9-23(10-8-22)15-12-19-21-16(20-15)18-11-13-5-3-4-6-14(13)17/h3-6,12H,2,7-11H2,1H3,(H,18,20,21). The number of hydrogen-bond acceptors (Lipinski definition) is 6. The molecule has 1 aliphatic heterocycles. The van der Waals surface area contributed by atoms with Gasteiger partial charge < -0.3 is 15.1 Å². The van der Waals surface area contributed by atoms with Crippen molar-refractivity contribution in [3.63, 3.8) is 0 Å². The molecule has 1 aromatic carbocycles. The molecule has 122 valence electrons. The van der Waals surface area contributed by atoms with Crippen LogP contribution in [-0.2, 0) is 6.54 Å². The van der Waals surface area contributed by atoms with Crippen LogP contribution in [0.1, 0.15) is 12.5 Å². The van der Waals surface area contributed by atoms with Crippen LogP contribution in [0.4, 0.5) is 11.8 Å². The number of piperazine rings is 1. The molecule has 1 fully saturated rings. The molecule has 1 aliphatic rings. The van der Waals surface area contributed by atoms with Crippen LogP contribution in [0.25, 0.3) is 0 Å². The molecule has 6 nitrogen and oxygen atoms in total. The van der Waals surface area contributed by atoms with E-state index in [1.807, 2.05) is 24.3 Å². The molecule has 23 heavy (non-hydrogen) atoms. The lowest BCUT2D eigenvalue weighted by atomic mass is 10.2. The highest BCUT2D eigenvalue weighted by Gasteiger charge is 2.17. The zero-order chi connectivity index (χ0) is 16.1. The quantitative estimate of drug-likeness (QED) is 0.906. The molecular weight excluding hydrogens is 312 g/mol. The monoisotopic (exact) mass is 332 g/mol. The van der Waals surface area contributed by atoms with E-state index in [2.05, 4.69) is 37.2 Å². The van der Waals surface area contributed by atoms with Gasteiger partial charge in [0.15, 0.2) is 5.82 Å². The summed E-state index contributed by atoms with van der Waals surface area (Å²) in [5.41, 5.74) is 1.01. The maximum Gasteiger partial charge on any atom is 0.244 e. The van der Waals surface area contributed by atoms with Crippen molar-refractivity contribution in [1.29, 1.82) is 0 Å². The maximum absolute atomic E-state index is 6.16. The Labute approximate surface area is 141 Å². The zero-order valence-electron chi connectivity index (χ0n) is 13.2. The minimum Gasteiger partial charge on any atom is -0.353 e. The van der Waals surface area contributed by atoms with Gasteiger partial charge in [0.1, 0.15) is 0 Å². The molecule has 0 atom stereocenters. The molecule has 0 amide bonds. The van der Waals surface area contributed by atoms with E-state index in [0.717, 1.165) is 49.1 Å². The molecule has 0 spiro atoms. The Morgan fingerprint density at radius 2 is 1.96 bits per heavy atom. The van der Waals surface area contributed by atoms with Crippen LogP contribution in [0, 0.1) is 0 Å². The molecule has 0 saturated carbocycles. The third-order valence-corrected chi connectivity index (χ3v) is 4.45. The predicted molar refractivity (Wildman–Crippen MR) is 92.9 cm³/mol. The van der Waals surface area contributed by atoms with E-state index in [1.165, 1.54) is 0 Å². The van der Waals surface area contributed by atoms with Crippen LogP contribution in [0.3, 0.4) is 0 Å². The van der Waals surface area contributed by atoms with Crippen LogP contribution in [0.2, 0.25) is 5.02 Å². The molecule has 0 radical (unpaired) electrons. The van der Waals surface area contributed by atoms with Crippen molar-refractivity contribution < 1.29 is 0 Å². The number of rotatable bonds is 5. The van der Waals surface area contributed by atoms with Gasteiger partial charge >= 0.3 is 0 Å². The van der Waals surface area contributed by atoms with E-state index in [0.29, 0.717) is 12.5 Å². The fourth-order valence-electron chi connectivity index (χ4n) is 2.63. The normalized spacial score (nSPS) is 15.7. The number of nitrogens with zero attached hydrogens (tertiary/aromatic N) is 5. The van der Waals surface area contributed by atoms with Crippen molar-refractivity contribution in [2.24, 2.45) is 0 Å². The number of aromatic nitrogens is 3. The van der Waals surface area contributed by atoms with Gasteiger partial charge in [-0.3, -0.25) is 0 Å². The molecule has 1 aromatic heterocycles. The molecule has 2 heterocycles. The Balaban J connectivity index is 1.63. The van der Waals surface area contributed by atoms with Gasteiger partial charge in [-0.2, -0.15) is 10.1 Å². The van der Waals surface area contributed by atoms with Crippen molar-refractivity contribution in [3.8, 4) is 0 Å². The summed E-state index contributed by atoms with van der Waals surface area (Å²) in [6.07, 6.45) is 1.72. The number of hydrogen-bond donors (Lipinski definition) is 1. The topological polar surface area (TPSA) is 57.2 Å². The Morgan fingerprint density at radius 3 is 2.70 bits per heavy atom. The van der Waals surface area contributed by atoms with Crippen LogP contribution >= 0.6 is 11.6 Å². The summed E-state index contributed by atoms with van der Waals surface area (Å²) in [6.45, 7) is 7.92. The average molecular weight is 333 g/mol. The van der Waals surface area contributed by atoms with Gasteiger partial charge in [0, 0.05) is 37.7 Å². The largest absolute Gasteiger partial charge is 0.353 e. The maximum atomic E-state index is 6.16. The van der Waals surface area contributed by atoms with Crippen molar-refractivity contribution >= 4 is 23.4 Å². The zero-order valence-corrected chi connectivity index (χ0v) is 14.0. The van der Waals surface area contributed by atoms with Gasteiger partial charge in [0.25, 0.3) is 0 Å². The Hall–Kier alpha value is -1.92. The second-order valence-corrected chi connectivity index (χ2v) is 5.91. The van der Waals surface area contributed by atoms with E-state index < -0.39 is 0 Å². The molecule has 3 rings (SSSR count). The van der Waals surface area contributed by atoms with E-state index in [4.69, 9.17) is 11.6 Å². The van der Waals surface area contributed by atoms with Crippen molar-refractivity contribution in [2.75, 3.05) is 42.9 Å². The highest BCUT2D eigenvalue weighted by atomic mass is 35.5. The lowest BCUT2D eigenvalue weighted by Crippen LogP contribution is -2.46. The molecule has 1 saturated heterocycles.